The van der Waals surface area contributed by atoms with Gasteiger partial charge < -0.3 is 10.1 Å². The van der Waals surface area contributed by atoms with E-state index in [2.05, 4.69) is 31.3 Å². The number of fused-ring (bicyclic) bond motifs is 1. The number of benzene rings is 2. The molecule has 5 heteroatoms. The number of aryl methyl sites for hydroxylation is 1. The lowest BCUT2D eigenvalue weighted by molar-refractivity contribution is 0.0950. The number of rotatable bonds is 6. The van der Waals surface area contributed by atoms with Crippen LogP contribution in [-0.2, 0) is 13.1 Å². The lowest BCUT2D eigenvalue weighted by atomic mass is 10.1. The van der Waals surface area contributed by atoms with E-state index in [4.69, 9.17) is 9.84 Å². The molecule has 1 N–H and O–H groups in total. The van der Waals surface area contributed by atoms with E-state index in [-0.39, 0.29) is 5.91 Å². The molecule has 0 radical (unpaired) electrons. The highest BCUT2D eigenvalue weighted by Gasteiger charge is 2.14. The van der Waals surface area contributed by atoms with E-state index in [1.54, 1.807) is 19.2 Å². The third kappa shape index (κ3) is 3.72. The van der Waals surface area contributed by atoms with Gasteiger partial charge in [0.2, 0.25) is 0 Å². The van der Waals surface area contributed by atoms with Crippen LogP contribution in [0.25, 0.3) is 10.9 Å². The first-order valence-corrected chi connectivity index (χ1v) is 8.87. The standard InChI is InChI=1S/C21H25N3O2/c1-14(2)13-24-20-8-6-5-7-18(20)19(23-24)12-22-21(25)17-10-9-16(26-4)11-15(17)3/h5-11,14H,12-13H2,1-4H3,(H,22,25). The zero-order valence-electron chi connectivity index (χ0n) is 15.7. The Morgan fingerprint density at radius 2 is 2.00 bits per heavy atom. The second-order valence-corrected chi connectivity index (χ2v) is 6.90. The maximum atomic E-state index is 12.6. The van der Waals surface area contributed by atoms with Gasteiger partial charge in [-0.15, -0.1) is 0 Å². The molecule has 0 saturated carbocycles. The minimum absolute atomic E-state index is 0.104. The average molecular weight is 351 g/mol. The molecule has 0 atom stereocenters. The van der Waals surface area contributed by atoms with Gasteiger partial charge in [0, 0.05) is 17.5 Å². The number of amides is 1. The molecule has 0 unspecified atom stereocenters. The second-order valence-electron chi connectivity index (χ2n) is 6.90. The highest BCUT2D eigenvalue weighted by Crippen LogP contribution is 2.20. The summed E-state index contributed by atoms with van der Waals surface area (Å²) in [5.74, 6) is 1.15. The molecule has 1 amide bonds. The van der Waals surface area contributed by atoms with Crippen LogP contribution < -0.4 is 10.1 Å². The highest BCUT2D eigenvalue weighted by atomic mass is 16.5. The molecule has 3 aromatic rings. The summed E-state index contributed by atoms with van der Waals surface area (Å²) in [6.45, 7) is 7.50. The van der Waals surface area contributed by atoms with Gasteiger partial charge in [-0.05, 0) is 42.7 Å². The van der Waals surface area contributed by atoms with Gasteiger partial charge in [0.25, 0.3) is 5.91 Å². The van der Waals surface area contributed by atoms with Crippen molar-refractivity contribution in [1.29, 1.82) is 0 Å². The van der Waals surface area contributed by atoms with E-state index in [0.717, 1.165) is 34.5 Å². The minimum atomic E-state index is -0.104. The number of hydrogen-bond acceptors (Lipinski definition) is 3. The third-order valence-electron chi connectivity index (χ3n) is 4.37. The molecule has 0 aliphatic heterocycles. The van der Waals surface area contributed by atoms with Gasteiger partial charge in [-0.1, -0.05) is 32.0 Å². The van der Waals surface area contributed by atoms with Crippen LogP contribution in [-0.4, -0.2) is 22.8 Å². The lowest BCUT2D eigenvalue weighted by Crippen LogP contribution is -2.24. The fraction of sp³-hybridized carbons (Fsp3) is 0.333. The van der Waals surface area contributed by atoms with E-state index in [1.165, 1.54) is 0 Å². The average Bonchev–Trinajstić information content (AvgIpc) is 2.97. The fourth-order valence-corrected chi connectivity index (χ4v) is 3.09. The van der Waals surface area contributed by atoms with Crippen molar-refractivity contribution in [3.05, 3.63) is 59.3 Å². The summed E-state index contributed by atoms with van der Waals surface area (Å²) in [6, 6.07) is 13.6. The molecule has 0 spiro atoms. The quantitative estimate of drug-likeness (QED) is 0.732. The summed E-state index contributed by atoms with van der Waals surface area (Å²) in [5, 5.41) is 8.81. The Morgan fingerprint density at radius 3 is 2.69 bits per heavy atom. The topological polar surface area (TPSA) is 56.1 Å². The SMILES string of the molecule is COc1ccc(C(=O)NCc2nn(CC(C)C)c3ccccc23)c(C)c1. The summed E-state index contributed by atoms with van der Waals surface area (Å²) in [4.78, 5) is 12.6. The number of methoxy groups -OCH3 is 1. The van der Waals surface area contributed by atoms with E-state index in [0.29, 0.717) is 18.0 Å². The fourth-order valence-electron chi connectivity index (χ4n) is 3.09. The van der Waals surface area contributed by atoms with Gasteiger partial charge in [-0.25, -0.2) is 0 Å². The number of hydrogen-bond donors (Lipinski definition) is 1. The molecule has 26 heavy (non-hydrogen) atoms. The molecule has 2 aromatic carbocycles. The van der Waals surface area contributed by atoms with Crippen molar-refractivity contribution in [2.45, 2.75) is 33.9 Å². The van der Waals surface area contributed by atoms with Crippen LogP contribution in [0.15, 0.2) is 42.5 Å². The Hall–Kier alpha value is -2.82. The second kappa shape index (κ2) is 7.60. The molecular formula is C21H25N3O2. The molecule has 136 valence electrons. The predicted octanol–water partition coefficient (Wildman–Crippen LogP) is 3.94. The van der Waals surface area contributed by atoms with Crippen LogP contribution in [0.5, 0.6) is 5.75 Å². The lowest BCUT2D eigenvalue weighted by Gasteiger charge is -2.08. The molecule has 0 bridgehead atoms. The summed E-state index contributed by atoms with van der Waals surface area (Å²) in [6.07, 6.45) is 0. The van der Waals surface area contributed by atoms with Crippen LogP contribution in [0, 0.1) is 12.8 Å². The molecule has 0 aliphatic rings. The predicted molar refractivity (Wildman–Crippen MR) is 103 cm³/mol. The normalized spacial score (nSPS) is 11.1. The third-order valence-corrected chi connectivity index (χ3v) is 4.37. The largest absolute Gasteiger partial charge is 0.497 e. The van der Waals surface area contributed by atoms with Crippen molar-refractivity contribution >= 4 is 16.8 Å². The molecule has 0 aliphatic carbocycles. The highest BCUT2D eigenvalue weighted by molar-refractivity contribution is 5.96. The molecule has 0 fully saturated rings. The zero-order valence-corrected chi connectivity index (χ0v) is 15.7. The van der Waals surface area contributed by atoms with E-state index in [9.17, 15) is 4.79 Å². The monoisotopic (exact) mass is 351 g/mol. The number of para-hydroxylation sites is 1. The van der Waals surface area contributed by atoms with Gasteiger partial charge >= 0.3 is 0 Å². The Labute approximate surface area is 154 Å². The van der Waals surface area contributed by atoms with Crippen molar-refractivity contribution in [1.82, 2.24) is 15.1 Å². The first kappa shape index (κ1) is 18.0. The van der Waals surface area contributed by atoms with Crippen LogP contribution in [0.3, 0.4) is 0 Å². The van der Waals surface area contributed by atoms with Gasteiger partial charge in [0.05, 0.1) is 24.9 Å². The Bertz CT molecular complexity index is 928. The molecular weight excluding hydrogens is 326 g/mol. The smallest absolute Gasteiger partial charge is 0.251 e. The summed E-state index contributed by atoms with van der Waals surface area (Å²) in [7, 11) is 1.62. The van der Waals surface area contributed by atoms with E-state index >= 15 is 0 Å². The Kier molecular flexibility index (Phi) is 5.26. The van der Waals surface area contributed by atoms with Crippen molar-refractivity contribution in [2.24, 2.45) is 5.92 Å². The van der Waals surface area contributed by atoms with E-state index < -0.39 is 0 Å². The van der Waals surface area contributed by atoms with Gasteiger partial charge in [-0.2, -0.15) is 5.10 Å². The van der Waals surface area contributed by atoms with Crippen LogP contribution in [0.4, 0.5) is 0 Å². The molecule has 5 nitrogen and oxygen atoms in total. The zero-order chi connectivity index (χ0) is 18.7. The number of nitrogens with zero attached hydrogens (tertiary/aromatic N) is 2. The molecule has 3 rings (SSSR count). The van der Waals surface area contributed by atoms with Gasteiger partial charge in [-0.3, -0.25) is 9.48 Å². The van der Waals surface area contributed by atoms with Gasteiger partial charge in [0.15, 0.2) is 0 Å². The van der Waals surface area contributed by atoms with Gasteiger partial charge in [0.1, 0.15) is 5.75 Å². The first-order chi connectivity index (χ1) is 12.5. The summed E-state index contributed by atoms with van der Waals surface area (Å²) >= 11 is 0. The summed E-state index contributed by atoms with van der Waals surface area (Å²) < 4.78 is 7.23. The summed E-state index contributed by atoms with van der Waals surface area (Å²) in [5.41, 5.74) is 3.53. The maximum absolute atomic E-state index is 12.6. The Balaban J connectivity index is 1.80. The number of aromatic nitrogens is 2. The first-order valence-electron chi connectivity index (χ1n) is 8.87. The van der Waals surface area contributed by atoms with E-state index in [1.807, 2.05) is 29.8 Å². The van der Waals surface area contributed by atoms with Crippen molar-refractivity contribution < 1.29 is 9.53 Å². The molecule has 1 heterocycles. The number of nitrogens with one attached hydrogen (secondary N) is 1. The van der Waals surface area contributed by atoms with Crippen LogP contribution in [0.2, 0.25) is 0 Å². The van der Waals surface area contributed by atoms with Crippen LogP contribution in [0.1, 0.15) is 35.5 Å². The molecule has 1 aromatic heterocycles. The van der Waals surface area contributed by atoms with Crippen molar-refractivity contribution in [3.8, 4) is 5.75 Å². The number of carbonyl (C=O) groups is 1. The minimum Gasteiger partial charge on any atom is -0.497 e. The number of ether oxygens (including phenoxy) is 1. The maximum Gasteiger partial charge on any atom is 0.251 e. The molecule has 0 saturated heterocycles. The van der Waals surface area contributed by atoms with Crippen LogP contribution >= 0.6 is 0 Å². The Morgan fingerprint density at radius 1 is 1.23 bits per heavy atom. The number of carbonyl (C=O) groups excluding carboxylic acids is 1. The van der Waals surface area contributed by atoms with Crippen molar-refractivity contribution in [3.63, 3.8) is 0 Å². The van der Waals surface area contributed by atoms with Crippen molar-refractivity contribution in [2.75, 3.05) is 7.11 Å².